The zero-order chi connectivity index (χ0) is 12.3. The summed E-state index contributed by atoms with van der Waals surface area (Å²) in [4.78, 5) is 14.4. The molecule has 2 N–H and O–H groups in total. The van der Waals surface area contributed by atoms with E-state index in [1.54, 1.807) is 6.92 Å². The molecule has 0 radical (unpaired) electrons. The topological polar surface area (TPSA) is 52.6 Å². The monoisotopic (exact) mass is 240 g/mol. The first-order valence-corrected chi connectivity index (χ1v) is 6.89. The van der Waals surface area contributed by atoms with E-state index in [1.165, 1.54) is 0 Å². The van der Waals surface area contributed by atoms with Crippen molar-refractivity contribution in [3.8, 4) is 0 Å². The van der Waals surface area contributed by atoms with E-state index >= 15 is 0 Å². The lowest BCUT2D eigenvalue weighted by Crippen LogP contribution is -2.52. The molecule has 2 rings (SSSR count). The number of aliphatic hydroxyl groups is 1. The minimum Gasteiger partial charge on any atom is -0.391 e. The molecule has 17 heavy (non-hydrogen) atoms. The third-order valence-corrected chi connectivity index (χ3v) is 4.08. The highest BCUT2D eigenvalue weighted by molar-refractivity contribution is 5.79. The van der Waals surface area contributed by atoms with E-state index in [0.29, 0.717) is 0 Å². The van der Waals surface area contributed by atoms with Crippen LogP contribution in [0.4, 0.5) is 0 Å². The second-order valence-corrected chi connectivity index (χ2v) is 5.36. The van der Waals surface area contributed by atoms with Crippen LogP contribution in [0.2, 0.25) is 0 Å². The first kappa shape index (κ1) is 12.8. The maximum absolute atomic E-state index is 12.5. The Hall–Kier alpha value is -0.610. The van der Waals surface area contributed by atoms with Gasteiger partial charge in [0.25, 0.3) is 0 Å². The number of carbonyl (C=O) groups is 1. The molecule has 0 unspecified atom stereocenters. The third-order valence-electron chi connectivity index (χ3n) is 4.08. The number of piperidine rings is 2. The summed E-state index contributed by atoms with van der Waals surface area (Å²) in [5.74, 6) is 0.452. The highest BCUT2D eigenvalue weighted by Gasteiger charge is 2.33. The minimum absolute atomic E-state index is 0.0473. The second-order valence-electron chi connectivity index (χ2n) is 5.36. The van der Waals surface area contributed by atoms with Gasteiger partial charge >= 0.3 is 0 Å². The SMILES string of the molecule is C[C@H](O)[C@H]1CCCCN1C(=O)C1CCNCC1. The van der Waals surface area contributed by atoms with E-state index in [4.69, 9.17) is 0 Å². The summed E-state index contributed by atoms with van der Waals surface area (Å²) in [7, 11) is 0. The molecule has 0 aromatic heterocycles. The molecule has 98 valence electrons. The fourth-order valence-electron chi connectivity index (χ4n) is 3.04. The average molecular weight is 240 g/mol. The fourth-order valence-corrected chi connectivity index (χ4v) is 3.04. The van der Waals surface area contributed by atoms with Crippen molar-refractivity contribution in [3.63, 3.8) is 0 Å². The van der Waals surface area contributed by atoms with E-state index in [-0.39, 0.29) is 17.9 Å². The lowest BCUT2D eigenvalue weighted by molar-refractivity contribution is -0.143. The molecule has 2 aliphatic heterocycles. The molecular weight excluding hydrogens is 216 g/mol. The van der Waals surface area contributed by atoms with Crippen LogP contribution in [-0.2, 0) is 4.79 Å². The van der Waals surface area contributed by atoms with Crippen LogP contribution in [-0.4, -0.2) is 47.7 Å². The molecule has 2 atom stereocenters. The lowest BCUT2D eigenvalue weighted by atomic mass is 9.92. The predicted octanol–water partition coefficient (Wildman–Crippen LogP) is 0.748. The van der Waals surface area contributed by atoms with Gasteiger partial charge in [-0.1, -0.05) is 0 Å². The van der Waals surface area contributed by atoms with Gasteiger partial charge in [-0.2, -0.15) is 0 Å². The Balaban J connectivity index is 1.99. The van der Waals surface area contributed by atoms with Gasteiger partial charge in [0.15, 0.2) is 0 Å². The van der Waals surface area contributed by atoms with E-state index in [2.05, 4.69) is 5.32 Å². The number of carbonyl (C=O) groups excluding carboxylic acids is 1. The molecule has 2 fully saturated rings. The Labute approximate surface area is 103 Å². The van der Waals surface area contributed by atoms with Crippen molar-refractivity contribution < 1.29 is 9.90 Å². The van der Waals surface area contributed by atoms with Crippen LogP contribution in [0.15, 0.2) is 0 Å². The van der Waals surface area contributed by atoms with Crippen molar-refractivity contribution in [1.29, 1.82) is 0 Å². The molecule has 2 saturated heterocycles. The van der Waals surface area contributed by atoms with Crippen LogP contribution < -0.4 is 5.32 Å². The molecule has 0 aromatic rings. The summed E-state index contributed by atoms with van der Waals surface area (Å²) in [5, 5.41) is 13.1. The summed E-state index contributed by atoms with van der Waals surface area (Å²) in [5.41, 5.74) is 0. The highest BCUT2D eigenvalue weighted by Crippen LogP contribution is 2.24. The van der Waals surface area contributed by atoms with Gasteiger partial charge in [-0.25, -0.2) is 0 Å². The zero-order valence-electron chi connectivity index (χ0n) is 10.7. The van der Waals surface area contributed by atoms with Crippen molar-refractivity contribution in [2.75, 3.05) is 19.6 Å². The maximum atomic E-state index is 12.5. The normalized spacial score (nSPS) is 29.1. The summed E-state index contributed by atoms with van der Waals surface area (Å²) >= 11 is 0. The highest BCUT2D eigenvalue weighted by atomic mass is 16.3. The average Bonchev–Trinajstić information content (AvgIpc) is 2.39. The first-order valence-electron chi connectivity index (χ1n) is 6.89. The number of nitrogens with one attached hydrogen (secondary N) is 1. The Morgan fingerprint density at radius 3 is 2.65 bits per heavy atom. The molecule has 0 saturated carbocycles. The predicted molar refractivity (Wildman–Crippen MR) is 66.6 cm³/mol. The minimum atomic E-state index is -0.402. The van der Waals surface area contributed by atoms with Crippen LogP contribution in [0, 0.1) is 5.92 Å². The van der Waals surface area contributed by atoms with Gasteiger partial charge in [-0.15, -0.1) is 0 Å². The quantitative estimate of drug-likeness (QED) is 0.749. The molecule has 0 spiro atoms. The van der Waals surface area contributed by atoms with Crippen molar-refractivity contribution in [3.05, 3.63) is 0 Å². The van der Waals surface area contributed by atoms with Crippen molar-refractivity contribution >= 4 is 5.91 Å². The number of hydrogen-bond donors (Lipinski definition) is 2. The molecule has 0 bridgehead atoms. The fraction of sp³-hybridized carbons (Fsp3) is 0.923. The van der Waals surface area contributed by atoms with Gasteiger partial charge in [-0.3, -0.25) is 4.79 Å². The van der Waals surface area contributed by atoms with Gasteiger partial charge in [-0.05, 0) is 52.1 Å². The Morgan fingerprint density at radius 1 is 1.29 bits per heavy atom. The van der Waals surface area contributed by atoms with Gasteiger partial charge in [0, 0.05) is 12.5 Å². The molecule has 4 nitrogen and oxygen atoms in total. The third kappa shape index (κ3) is 2.99. The van der Waals surface area contributed by atoms with Crippen LogP contribution in [0.3, 0.4) is 0 Å². The Bertz CT molecular complexity index is 262. The van der Waals surface area contributed by atoms with Crippen molar-refractivity contribution in [2.24, 2.45) is 5.92 Å². The molecule has 0 aromatic carbocycles. The lowest BCUT2D eigenvalue weighted by Gasteiger charge is -2.40. The summed E-state index contributed by atoms with van der Waals surface area (Å²) in [6.45, 7) is 4.53. The molecule has 2 heterocycles. The molecule has 1 amide bonds. The first-order chi connectivity index (χ1) is 8.20. The maximum Gasteiger partial charge on any atom is 0.226 e. The Morgan fingerprint density at radius 2 is 2.00 bits per heavy atom. The van der Waals surface area contributed by atoms with Crippen LogP contribution in [0.25, 0.3) is 0 Å². The van der Waals surface area contributed by atoms with E-state index < -0.39 is 6.10 Å². The van der Waals surface area contributed by atoms with Crippen LogP contribution in [0.5, 0.6) is 0 Å². The number of likely N-dealkylation sites (tertiary alicyclic amines) is 1. The molecule has 4 heteroatoms. The van der Waals surface area contributed by atoms with Gasteiger partial charge in [0.1, 0.15) is 0 Å². The summed E-state index contributed by atoms with van der Waals surface area (Å²) in [6.07, 6.45) is 4.66. The van der Waals surface area contributed by atoms with E-state index in [1.807, 2.05) is 4.90 Å². The van der Waals surface area contributed by atoms with Crippen LogP contribution >= 0.6 is 0 Å². The standard InChI is InChI=1S/C13H24N2O2/c1-10(16)12-4-2-3-9-15(12)13(17)11-5-7-14-8-6-11/h10-12,14,16H,2-9H2,1H3/t10-,12+/m0/s1. The number of nitrogens with zero attached hydrogens (tertiary/aromatic N) is 1. The largest absolute Gasteiger partial charge is 0.391 e. The number of rotatable bonds is 2. The second kappa shape index (κ2) is 5.83. The number of amides is 1. The smallest absolute Gasteiger partial charge is 0.226 e. The van der Waals surface area contributed by atoms with Crippen LogP contribution in [0.1, 0.15) is 39.0 Å². The van der Waals surface area contributed by atoms with Gasteiger partial charge in [0.05, 0.1) is 12.1 Å². The zero-order valence-corrected chi connectivity index (χ0v) is 10.7. The van der Waals surface area contributed by atoms with Gasteiger partial charge < -0.3 is 15.3 Å². The summed E-state index contributed by atoms with van der Waals surface area (Å²) < 4.78 is 0. The van der Waals surface area contributed by atoms with Crippen molar-refractivity contribution in [2.45, 2.75) is 51.2 Å². The summed E-state index contributed by atoms with van der Waals surface area (Å²) in [6, 6.07) is 0.0473. The number of aliphatic hydroxyl groups excluding tert-OH is 1. The van der Waals surface area contributed by atoms with Gasteiger partial charge in [0.2, 0.25) is 5.91 Å². The molecule has 2 aliphatic rings. The Kier molecular flexibility index (Phi) is 4.40. The van der Waals surface area contributed by atoms with E-state index in [9.17, 15) is 9.90 Å². The number of hydrogen-bond acceptors (Lipinski definition) is 3. The van der Waals surface area contributed by atoms with E-state index in [0.717, 1.165) is 51.7 Å². The molecule has 0 aliphatic carbocycles. The molecular formula is C13H24N2O2. The van der Waals surface area contributed by atoms with Crippen molar-refractivity contribution in [1.82, 2.24) is 10.2 Å².